The molecule has 11 aromatic carbocycles. The molecule has 0 bridgehead atoms. The minimum absolute atomic E-state index is 1.12. The number of nitrogens with zero attached hydrogens (tertiary/aromatic N) is 2. The molecular formula is C64H38N2S4. The number of para-hydroxylation sites is 2. The highest BCUT2D eigenvalue weighted by molar-refractivity contribution is 7.27. The SMILES string of the molecule is c1ccc(N(c2ccc3c(c2)sc2ccccc23)c2cccc3c2sc2ccccc23)c(-c2ccccc2N(c2ccc3c(c2)sc2c4ccccc4ccc32)c2cccc3c2sc2ccccc23)c1. The molecule has 328 valence electrons. The summed E-state index contributed by atoms with van der Waals surface area (Å²) < 4.78 is 10.3. The van der Waals surface area contributed by atoms with E-state index in [0.29, 0.717) is 0 Å². The summed E-state index contributed by atoms with van der Waals surface area (Å²) in [6.45, 7) is 0. The van der Waals surface area contributed by atoms with Gasteiger partial charge in [0.05, 0.1) is 32.1 Å². The average molecular weight is 963 g/mol. The maximum absolute atomic E-state index is 2.53. The highest BCUT2D eigenvalue weighted by atomic mass is 32.1. The van der Waals surface area contributed by atoms with Crippen LogP contribution in [0.25, 0.3) is 103 Å². The van der Waals surface area contributed by atoms with E-state index in [1.165, 1.54) is 97.1 Å². The molecule has 0 aliphatic carbocycles. The summed E-state index contributed by atoms with van der Waals surface area (Å²) >= 11 is 7.52. The third-order valence-electron chi connectivity index (χ3n) is 14.1. The van der Waals surface area contributed by atoms with Crippen LogP contribution in [0, 0.1) is 0 Å². The van der Waals surface area contributed by atoms with Gasteiger partial charge in [0.15, 0.2) is 0 Å². The van der Waals surface area contributed by atoms with E-state index in [1.807, 2.05) is 45.3 Å². The van der Waals surface area contributed by atoms with Crippen LogP contribution in [0.15, 0.2) is 231 Å². The van der Waals surface area contributed by atoms with Crippen LogP contribution in [0.4, 0.5) is 34.1 Å². The lowest BCUT2D eigenvalue weighted by molar-refractivity contribution is 1.29. The minimum atomic E-state index is 1.12. The van der Waals surface area contributed by atoms with Gasteiger partial charge in [-0.05, 0) is 77.5 Å². The van der Waals surface area contributed by atoms with Crippen LogP contribution in [0.3, 0.4) is 0 Å². The van der Waals surface area contributed by atoms with Crippen molar-refractivity contribution in [2.75, 3.05) is 9.80 Å². The molecule has 2 nitrogen and oxygen atoms in total. The molecule has 0 amide bonds. The highest BCUT2D eigenvalue weighted by Crippen LogP contribution is 2.53. The van der Waals surface area contributed by atoms with E-state index in [9.17, 15) is 0 Å². The van der Waals surface area contributed by atoms with E-state index in [0.717, 1.165) is 39.6 Å². The van der Waals surface area contributed by atoms with Crippen LogP contribution in [0.2, 0.25) is 0 Å². The molecule has 6 heteroatoms. The second kappa shape index (κ2) is 15.9. The molecule has 15 rings (SSSR count). The van der Waals surface area contributed by atoms with Crippen LogP contribution in [0.5, 0.6) is 0 Å². The van der Waals surface area contributed by atoms with Crippen LogP contribution in [-0.4, -0.2) is 0 Å². The molecule has 0 fully saturated rings. The first-order valence-electron chi connectivity index (χ1n) is 23.6. The Balaban J connectivity index is 0.988. The molecular weight excluding hydrogens is 925 g/mol. The van der Waals surface area contributed by atoms with Gasteiger partial charge < -0.3 is 9.80 Å². The Morgan fingerprint density at radius 2 is 0.600 bits per heavy atom. The normalized spacial score (nSPS) is 12.0. The summed E-state index contributed by atoms with van der Waals surface area (Å²) in [6, 6.07) is 85.8. The van der Waals surface area contributed by atoms with E-state index in [2.05, 4.69) is 240 Å². The summed E-state index contributed by atoms with van der Waals surface area (Å²) in [4.78, 5) is 5.06. The van der Waals surface area contributed by atoms with E-state index in [1.54, 1.807) is 0 Å². The lowest BCUT2D eigenvalue weighted by atomic mass is 9.98. The zero-order valence-corrected chi connectivity index (χ0v) is 40.7. The van der Waals surface area contributed by atoms with Gasteiger partial charge in [0, 0.05) is 93.8 Å². The monoisotopic (exact) mass is 962 g/mol. The zero-order valence-electron chi connectivity index (χ0n) is 37.5. The fraction of sp³-hybridized carbons (Fsp3) is 0. The van der Waals surface area contributed by atoms with Gasteiger partial charge >= 0.3 is 0 Å². The van der Waals surface area contributed by atoms with Gasteiger partial charge in [-0.15, -0.1) is 45.3 Å². The zero-order chi connectivity index (χ0) is 45.9. The van der Waals surface area contributed by atoms with Crippen molar-refractivity contribution in [3.8, 4) is 11.1 Å². The van der Waals surface area contributed by atoms with Crippen molar-refractivity contribution in [2.24, 2.45) is 0 Å². The van der Waals surface area contributed by atoms with Crippen LogP contribution in [-0.2, 0) is 0 Å². The first-order chi connectivity index (χ1) is 34.7. The van der Waals surface area contributed by atoms with Crippen molar-refractivity contribution in [1.29, 1.82) is 0 Å². The molecule has 0 atom stereocenters. The summed E-state index contributed by atoms with van der Waals surface area (Å²) in [5.74, 6) is 0. The fourth-order valence-corrected chi connectivity index (χ4v) is 15.7. The standard InChI is InChI=1S/C64H38N2S4/c1-2-16-42-39(15-1)31-34-52-49-36-33-41(38-61(49)70-62(42)52)66(56-27-14-23-51-47-21-7-12-30-59(47)69-64(51)56)54-25-9-4-18-44(54)43-17-3-8-24-53(43)65(40-32-35-48-45-19-5-10-28-57(45)67-60(48)37-40)55-26-13-22-50-46-20-6-11-29-58(46)68-63(50)55/h1-38H. The number of hydrogen-bond acceptors (Lipinski definition) is 6. The Kier molecular flexibility index (Phi) is 9.08. The van der Waals surface area contributed by atoms with Gasteiger partial charge in [-0.3, -0.25) is 0 Å². The first kappa shape index (κ1) is 40.1. The smallest absolute Gasteiger partial charge is 0.0640 e. The van der Waals surface area contributed by atoms with Crippen molar-refractivity contribution in [2.45, 2.75) is 0 Å². The van der Waals surface area contributed by atoms with Gasteiger partial charge in [-0.2, -0.15) is 0 Å². The predicted molar refractivity (Wildman–Crippen MR) is 310 cm³/mol. The Morgan fingerprint density at radius 3 is 1.19 bits per heavy atom. The van der Waals surface area contributed by atoms with Crippen LogP contribution >= 0.6 is 45.3 Å². The van der Waals surface area contributed by atoms with Crippen molar-refractivity contribution >= 4 is 171 Å². The van der Waals surface area contributed by atoms with Crippen molar-refractivity contribution in [1.82, 2.24) is 0 Å². The van der Waals surface area contributed by atoms with E-state index >= 15 is 0 Å². The molecule has 0 radical (unpaired) electrons. The Bertz CT molecular complexity index is 4590. The molecule has 0 saturated carbocycles. The summed E-state index contributed by atoms with van der Waals surface area (Å²) in [5, 5.41) is 12.9. The molecule has 4 aromatic heterocycles. The van der Waals surface area contributed by atoms with Gasteiger partial charge in [0.25, 0.3) is 0 Å². The number of benzene rings is 11. The molecule has 15 aromatic rings. The predicted octanol–water partition coefficient (Wildman–Crippen LogP) is 20.9. The number of fused-ring (bicyclic) bond motifs is 14. The molecule has 0 N–H and O–H groups in total. The molecule has 0 spiro atoms. The Labute approximate surface area is 419 Å². The average Bonchev–Trinajstić information content (AvgIpc) is 4.20. The van der Waals surface area contributed by atoms with E-state index < -0.39 is 0 Å². The third kappa shape index (κ3) is 6.14. The third-order valence-corrected chi connectivity index (χ3v) is 18.8. The molecule has 70 heavy (non-hydrogen) atoms. The molecule has 4 heterocycles. The Morgan fingerprint density at radius 1 is 0.229 bits per heavy atom. The van der Waals surface area contributed by atoms with Crippen LogP contribution < -0.4 is 9.80 Å². The maximum Gasteiger partial charge on any atom is 0.0640 e. The maximum atomic E-state index is 2.53. The van der Waals surface area contributed by atoms with Crippen molar-refractivity contribution in [3.05, 3.63) is 231 Å². The lowest BCUT2D eigenvalue weighted by Gasteiger charge is -2.31. The summed E-state index contributed by atoms with van der Waals surface area (Å²) in [6.07, 6.45) is 0. The molecule has 0 aliphatic heterocycles. The first-order valence-corrected chi connectivity index (χ1v) is 26.8. The highest BCUT2D eigenvalue weighted by Gasteiger charge is 2.26. The van der Waals surface area contributed by atoms with Crippen molar-refractivity contribution < 1.29 is 0 Å². The molecule has 0 aliphatic rings. The van der Waals surface area contributed by atoms with Crippen molar-refractivity contribution in [3.63, 3.8) is 0 Å². The van der Waals surface area contributed by atoms with Gasteiger partial charge in [0.2, 0.25) is 0 Å². The van der Waals surface area contributed by atoms with Gasteiger partial charge in [0.1, 0.15) is 0 Å². The molecule has 0 unspecified atom stereocenters. The minimum Gasteiger partial charge on any atom is -0.308 e. The number of thiophene rings is 4. The van der Waals surface area contributed by atoms with Gasteiger partial charge in [-0.25, -0.2) is 0 Å². The second-order valence-electron chi connectivity index (χ2n) is 17.9. The van der Waals surface area contributed by atoms with Gasteiger partial charge in [-0.1, -0.05) is 164 Å². The van der Waals surface area contributed by atoms with E-state index in [-0.39, 0.29) is 0 Å². The number of hydrogen-bond donors (Lipinski definition) is 0. The number of rotatable bonds is 7. The second-order valence-corrected chi connectivity index (χ2v) is 22.2. The quantitative estimate of drug-likeness (QED) is 0.157. The van der Waals surface area contributed by atoms with E-state index in [4.69, 9.17) is 0 Å². The topological polar surface area (TPSA) is 6.48 Å². The molecule has 0 saturated heterocycles. The Hall–Kier alpha value is -7.84. The summed E-state index contributed by atoms with van der Waals surface area (Å²) in [5.41, 5.74) is 9.11. The number of anilines is 6. The fourth-order valence-electron chi connectivity index (χ4n) is 10.9. The lowest BCUT2D eigenvalue weighted by Crippen LogP contribution is -2.13. The largest absolute Gasteiger partial charge is 0.308 e. The van der Waals surface area contributed by atoms with Crippen LogP contribution in [0.1, 0.15) is 0 Å². The summed E-state index contributed by atoms with van der Waals surface area (Å²) in [7, 11) is 0.